The van der Waals surface area contributed by atoms with Gasteiger partial charge in [-0.2, -0.15) is 4.98 Å². The van der Waals surface area contributed by atoms with Crippen molar-refractivity contribution in [1.82, 2.24) is 20.4 Å². The first-order valence-corrected chi connectivity index (χ1v) is 9.77. The van der Waals surface area contributed by atoms with Crippen LogP contribution in [0.3, 0.4) is 0 Å². The van der Waals surface area contributed by atoms with Crippen LogP contribution in [0, 0.1) is 5.82 Å². The number of rotatable bonds is 4. The van der Waals surface area contributed by atoms with Crippen LogP contribution in [0.2, 0.25) is 0 Å². The third kappa shape index (κ3) is 4.05. The Hall–Kier alpha value is -1.83. The fraction of sp³-hybridized carbons (Fsp3) is 0.600. The largest absolute Gasteiger partial charge is 0.381 e. The van der Waals surface area contributed by atoms with Crippen molar-refractivity contribution >= 4 is 0 Å². The first kappa shape index (κ1) is 18.5. The quantitative estimate of drug-likeness (QED) is 0.888. The lowest BCUT2D eigenvalue weighted by Crippen LogP contribution is -2.55. The van der Waals surface area contributed by atoms with Gasteiger partial charge in [0.15, 0.2) is 5.82 Å². The highest BCUT2D eigenvalue weighted by Crippen LogP contribution is 2.33. The van der Waals surface area contributed by atoms with E-state index in [1.54, 1.807) is 0 Å². The first-order chi connectivity index (χ1) is 13.1. The molecule has 1 aromatic carbocycles. The molecule has 2 aromatic rings. The van der Waals surface area contributed by atoms with E-state index in [1.807, 2.05) is 12.1 Å². The van der Waals surface area contributed by atoms with Gasteiger partial charge in [-0.1, -0.05) is 17.3 Å². The summed E-state index contributed by atoms with van der Waals surface area (Å²) < 4.78 is 24.7. The first-order valence-electron chi connectivity index (χ1n) is 9.77. The lowest BCUT2D eigenvalue weighted by molar-refractivity contribution is 0.0830. The minimum absolute atomic E-state index is 0.175. The van der Waals surface area contributed by atoms with Gasteiger partial charge in [0.05, 0.1) is 0 Å². The fourth-order valence-corrected chi connectivity index (χ4v) is 4.01. The molecule has 2 saturated heterocycles. The predicted molar refractivity (Wildman–Crippen MR) is 99.0 cm³/mol. The number of halogens is 1. The molecule has 3 atom stereocenters. The smallest absolute Gasteiger partial charge is 0.248 e. The molecule has 1 aromatic heterocycles. The lowest BCUT2D eigenvalue weighted by Gasteiger charge is -2.41. The normalized spacial score (nSPS) is 26.2. The van der Waals surface area contributed by atoms with Crippen LogP contribution < -0.4 is 5.32 Å². The van der Waals surface area contributed by atoms with Gasteiger partial charge in [-0.3, -0.25) is 4.90 Å². The summed E-state index contributed by atoms with van der Waals surface area (Å²) in [5.74, 6) is 1.39. The highest BCUT2D eigenvalue weighted by Gasteiger charge is 2.35. The molecule has 1 unspecified atom stereocenters. The Morgan fingerprint density at radius 1 is 1.19 bits per heavy atom. The molecule has 1 N–H and O–H groups in total. The van der Waals surface area contributed by atoms with Crippen molar-refractivity contribution in [2.45, 2.75) is 50.7 Å². The summed E-state index contributed by atoms with van der Waals surface area (Å²) in [6.45, 7) is 7.58. The molecule has 2 aliphatic heterocycles. The Balaban J connectivity index is 1.67. The Kier molecular flexibility index (Phi) is 5.52. The van der Waals surface area contributed by atoms with E-state index in [9.17, 15) is 4.39 Å². The molecule has 3 heterocycles. The van der Waals surface area contributed by atoms with Crippen LogP contribution in [0.5, 0.6) is 0 Å². The molecule has 6 nitrogen and oxygen atoms in total. The molecular weight excluding hydrogens is 347 g/mol. The van der Waals surface area contributed by atoms with Crippen molar-refractivity contribution in [2.75, 3.05) is 26.3 Å². The molecule has 146 valence electrons. The second kappa shape index (κ2) is 8.04. The van der Waals surface area contributed by atoms with E-state index < -0.39 is 0 Å². The van der Waals surface area contributed by atoms with Crippen molar-refractivity contribution in [3.8, 4) is 0 Å². The molecular formula is C20H27FN4O2. The van der Waals surface area contributed by atoms with Crippen LogP contribution in [0.1, 0.15) is 55.9 Å². The van der Waals surface area contributed by atoms with Gasteiger partial charge >= 0.3 is 0 Å². The Labute approximate surface area is 159 Å². The average Bonchev–Trinajstić information content (AvgIpc) is 3.17. The zero-order chi connectivity index (χ0) is 18.8. The molecule has 2 aliphatic rings. The molecule has 7 heteroatoms. The predicted octanol–water partition coefficient (Wildman–Crippen LogP) is 2.87. The minimum Gasteiger partial charge on any atom is -0.381 e. The van der Waals surface area contributed by atoms with Crippen molar-refractivity contribution in [1.29, 1.82) is 0 Å². The monoisotopic (exact) mass is 374 g/mol. The minimum atomic E-state index is -0.243. The van der Waals surface area contributed by atoms with Gasteiger partial charge in [-0.25, -0.2) is 4.39 Å². The summed E-state index contributed by atoms with van der Waals surface area (Å²) in [6, 6.07) is 7.11. The molecule has 4 rings (SSSR count). The SMILES string of the molecule is C[C@@H]1CN[C@@H](C)CN1C(c1ccc(F)cc1)c1nc(C2CCOCC2)no1. The summed E-state index contributed by atoms with van der Waals surface area (Å²) in [5.41, 5.74) is 0.972. The highest BCUT2D eigenvalue weighted by atomic mass is 19.1. The fourth-order valence-electron chi connectivity index (χ4n) is 4.01. The van der Waals surface area contributed by atoms with Crippen molar-refractivity contribution < 1.29 is 13.7 Å². The number of hydrogen-bond acceptors (Lipinski definition) is 6. The number of benzene rings is 1. The molecule has 0 radical (unpaired) electrons. The maximum Gasteiger partial charge on any atom is 0.248 e. The Morgan fingerprint density at radius 2 is 1.93 bits per heavy atom. The molecule has 0 aliphatic carbocycles. The third-order valence-corrected chi connectivity index (χ3v) is 5.61. The summed E-state index contributed by atoms with van der Waals surface area (Å²) in [5, 5.41) is 7.79. The molecule has 27 heavy (non-hydrogen) atoms. The third-order valence-electron chi connectivity index (χ3n) is 5.61. The molecule has 2 fully saturated rings. The topological polar surface area (TPSA) is 63.4 Å². The van der Waals surface area contributed by atoms with Crippen LogP contribution in [0.15, 0.2) is 28.8 Å². The lowest BCUT2D eigenvalue weighted by atomic mass is 9.99. The summed E-state index contributed by atoms with van der Waals surface area (Å²) in [7, 11) is 0. The summed E-state index contributed by atoms with van der Waals surface area (Å²) in [4.78, 5) is 7.15. The zero-order valence-corrected chi connectivity index (χ0v) is 15.9. The van der Waals surface area contributed by atoms with Gasteiger partial charge in [0.1, 0.15) is 11.9 Å². The van der Waals surface area contributed by atoms with Crippen molar-refractivity contribution in [2.24, 2.45) is 0 Å². The second-order valence-electron chi connectivity index (χ2n) is 7.69. The second-order valence-corrected chi connectivity index (χ2v) is 7.69. The maximum absolute atomic E-state index is 13.5. The number of hydrogen-bond donors (Lipinski definition) is 1. The number of piperazine rings is 1. The van der Waals surface area contributed by atoms with Gasteiger partial charge < -0.3 is 14.6 Å². The average molecular weight is 374 g/mol. The van der Waals surface area contributed by atoms with E-state index >= 15 is 0 Å². The van der Waals surface area contributed by atoms with Gasteiger partial charge in [0.25, 0.3) is 0 Å². The molecule has 0 bridgehead atoms. The molecule has 0 amide bonds. The van der Waals surface area contributed by atoms with Crippen molar-refractivity contribution in [3.05, 3.63) is 47.4 Å². The van der Waals surface area contributed by atoms with Gasteiger partial charge in [-0.05, 0) is 44.4 Å². The standard InChI is InChI=1S/C20H27FN4O2/c1-13-12-25(14(2)11-22-13)18(15-3-5-17(21)6-4-15)20-23-19(24-27-20)16-7-9-26-10-8-16/h3-6,13-14,16,18,22H,7-12H2,1-2H3/t13-,14+,18?/m0/s1. The van der Waals surface area contributed by atoms with E-state index in [1.165, 1.54) is 12.1 Å². The van der Waals surface area contributed by atoms with Crippen LogP contribution in [-0.4, -0.2) is 53.4 Å². The van der Waals surface area contributed by atoms with E-state index in [-0.39, 0.29) is 17.8 Å². The van der Waals surface area contributed by atoms with E-state index in [2.05, 4.69) is 29.2 Å². The number of ether oxygens (including phenoxy) is 1. The number of nitrogens with zero attached hydrogens (tertiary/aromatic N) is 3. The maximum atomic E-state index is 13.5. The summed E-state index contributed by atoms with van der Waals surface area (Å²) >= 11 is 0. The summed E-state index contributed by atoms with van der Waals surface area (Å²) in [6.07, 6.45) is 1.84. The Bertz CT molecular complexity index is 745. The number of aromatic nitrogens is 2. The number of nitrogens with one attached hydrogen (secondary N) is 1. The van der Waals surface area contributed by atoms with E-state index in [4.69, 9.17) is 14.2 Å². The highest BCUT2D eigenvalue weighted by molar-refractivity contribution is 5.25. The molecule has 0 saturated carbocycles. The van der Waals surface area contributed by atoms with Crippen LogP contribution in [0.4, 0.5) is 4.39 Å². The van der Waals surface area contributed by atoms with Crippen LogP contribution in [0.25, 0.3) is 0 Å². The molecule has 0 spiro atoms. The zero-order valence-electron chi connectivity index (χ0n) is 15.9. The van der Waals surface area contributed by atoms with Gasteiger partial charge in [0.2, 0.25) is 5.89 Å². The van der Waals surface area contributed by atoms with Gasteiger partial charge in [-0.15, -0.1) is 0 Å². The van der Waals surface area contributed by atoms with Crippen molar-refractivity contribution in [3.63, 3.8) is 0 Å². The van der Waals surface area contributed by atoms with E-state index in [0.29, 0.717) is 18.0 Å². The Morgan fingerprint density at radius 3 is 2.67 bits per heavy atom. The van der Waals surface area contributed by atoms with Gasteiger partial charge in [0, 0.05) is 44.3 Å². The van der Waals surface area contributed by atoms with Crippen LogP contribution in [-0.2, 0) is 4.74 Å². The van der Waals surface area contributed by atoms with E-state index in [0.717, 1.165) is 50.5 Å². The van der Waals surface area contributed by atoms with Crippen LogP contribution >= 0.6 is 0 Å².